The number of alkyl halides is 1. The summed E-state index contributed by atoms with van der Waals surface area (Å²) >= 11 is 0. The molecule has 8 heteroatoms. The molecular weight excluding hydrogens is 420 g/mol. The average Bonchev–Trinajstić information content (AvgIpc) is 3.12. The Morgan fingerprint density at radius 3 is 2.62 bits per heavy atom. The second-order valence-electron chi connectivity index (χ2n) is 8.19. The molecule has 0 radical (unpaired) electrons. The first kappa shape index (κ1) is 21.8. The van der Waals surface area contributed by atoms with E-state index in [0.29, 0.717) is 40.3 Å². The number of ether oxygens (including phenoxy) is 2. The van der Waals surface area contributed by atoms with E-state index in [9.17, 15) is 18.4 Å². The Balaban J connectivity index is 1.76. The van der Waals surface area contributed by atoms with Crippen LogP contribution in [0.2, 0.25) is 0 Å². The maximum absolute atomic E-state index is 14.4. The molecule has 4 rings (SSSR count). The van der Waals surface area contributed by atoms with Crippen LogP contribution >= 0.6 is 0 Å². The Labute approximate surface area is 184 Å². The second kappa shape index (κ2) is 8.61. The molecule has 0 spiro atoms. The molecule has 6 nitrogen and oxygen atoms in total. The van der Waals surface area contributed by atoms with E-state index in [-0.39, 0.29) is 38.5 Å². The molecule has 0 aliphatic carbocycles. The van der Waals surface area contributed by atoms with E-state index in [2.05, 4.69) is 0 Å². The summed E-state index contributed by atoms with van der Waals surface area (Å²) in [5.74, 6) is -0.777. The summed E-state index contributed by atoms with van der Waals surface area (Å²) in [6.45, 7) is 1.76. The van der Waals surface area contributed by atoms with Crippen LogP contribution in [0.4, 0.5) is 8.78 Å². The normalized spacial score (nSPS) is 20.0. The summed E-state index contributed by atoms with van der Waals surface area (Å²) in [5, 5.41) is 8.83. The Morgan fingerprint density at radius 1 is 1.22 bits per heavy atom. The lowest BCUT2D eigenvalue weighted by Crippen LogP contribution is -2.35. The predicted octanol–water partition coefficient (Wildman–Crippen LogP) is 3.83. The van der Waals surface area contributed by atoms with Crippen molar-refractivity contribution in [2.45, 2.75) is 25.4 Å². The molecule has 1 N–H and O–H groups in total. The number of amides is 1. The van der Waals surface area contributed by atoms with Crippen LogP contribution in [0.25, 0.3) is 5.57 Å². The molecule has 32 heavy (non-hydrogen) atoms. The van der Waals surface area contributed by atoms with Crippen LogP contribution in [0.1, 0.15) is 30.9 Å². The minimum atomic E-state index is -1.44. The van der Waals surface area contributed by atoms with Gasteiger partial charge in [0.2, 0.25) is 0 Å². The number of carbonyl (C=O) groups is 2. The van der Waals surface area contributed by atoms with E-state index in [4.69, 9.17) is 14.6 Å². The summed E-state index contributed by atoms with van der Waals surface area (Å²) in [4.78, 5) is 25.6. The molecule has 0 saturated carbocycles. The maximum atomic E-state index is 14.4. The predicted molar refractivity (Wildman–Crippen MR) is 113 cm³/mol. The van der Waals surface area contributed by atoms with Crippen molar-refractivity contribution in [2.24, 2.45) is 0 Å². The molecule has 1 amide bonds. The lowest BCUT2D eigenvalue weighted by molar-refractivity contribution is -0.137. The monoisotopic (exact) mass is 443 g/mol. The number of aliphatic carboxylic acids is 1. The average molecular weight is 443 g/mol. The highest BCUT2D eigenvalue weighted by Crippen LogP contribution is 2.40. The topological polar surface area (TPSA) is 76.1 Å². The summed E-state index contributed by atoms with van der Waals surface area (Å²) < 4.78 is 39.3. The zero-order valence-electron chi connectivity index (χ0n) is 17.6. The van der Waals surface area contributed by atoms with Crippen molar-refractivity contribution >= 4 is 17.4 Å². The Morgan fingerprint density at radius 2 is 1.97 bits per heavy atom. The number of benzene rings is 2. The number of likely N-dealkylation sites (tertiary alicyclic amines) is 1. The van der Waals surface area contributed by atoms with Gasteiger partial charge in [-0.15, -0.1) is 0 Å². The van der Waals surface area contributed by atoms with Crippen LogP contribution in [-0.2, 0) is 9.59 Å². The third-order valence-electron chi connectivity index (χ3n) is 5.58. The van der Waals surface area contributed by atoms with Gasteiger partial charge in [0.1, 0.15) is 29.6 Å². The molecule has 0 aromatic heterocycles. The van der Waals surface area contributed by atoms with Gasteiger partial charge >= 0.3 is 5.97 Å². The van der Waals surface area contributed by atoms with Gasteiger partial charge in [0.15, 0.2) is 0 Å². The third kappa shape index (κ3) is 4.59. The minimum absolute atomic E-state index is 0.00272. The van der Waals surface area contributed by atoms with Crippen molar-refractivity contribution in [1.29, 1.82) is 0 Å². The molecule has 1 unspecified atom stereocenters. The fraction of sp³-hybridized carbons (Fsp3) is 0.333. The highest BCUT2D eigenvalue weighted by molar-refractivity contribution is 6.06. The summed E-state index contributed by atoms with van der Waals surface area (Å²) in [6, 6.07) is 10.8. The molecule has 168 valence electrons. The molecule has 0 bridgehead atoms. The highest BCUT2D eigenvalue weighted by atomic mass is 19.1. The second-order valence-corrected chi connectivity index (χ2v) is 8.19. The fourth-order valence-electron chi connectivity index (χ4n) is 3.96. The maximum Gasteiger partial charge on any atom is 0.306 e. The number of carboxylic acid groups (broad SMARTS) is 1. The number of nitrogens with zero attached hydrogens (tertiary/aromatic N) is 1. The van der Waals surface area contributed by atoms with Crippen LogP contribution in [0.15, 0.2) is 48.0 Å². The molecule has 1 saturated heterocycles. The van der Waals surface area contributed by atoms with Gasteiger partial charge in [0.05, 0.1) is 25.1 Å². The minimum Gasteiger partial charge on any atom is -0.493 e. The smallest absolute Gasteiger partial charge is 0.306 e. The summed E-state index contributed by atoms with van der Waals surface area (Å²) in [6.07, 6.45) is 0.103. The quantitative estimate of drug-likeness (QED) is 0.734. The van der Waals surface area contributed by atoms with Crippen LogP contribution in [-0.4, -0.2) is 53.9 Å². The van der Waals surface area contributed by atoms with Gasteiger partial charge in [-0.1, -0.05) is 12.1 Å². The molecule has 2 aliphatic heterocycles. The zero-order chi connectivity index (χ0) is 22.9. The van der Waals surface area contributed by atoms with E-state index in [1.165, 1.54) is 24.0 Å². The first-order valence-corrected chi connectivity index (χ1v) is 10.3. The zero-order valence-corrected chi connectivity index (χ0v) is 17.6. The summed E-state index contributed by atoms with van der Waals surface area (Å²) in [7, 11) is 0. The van der Waals surface area contributed by atoms with Crippen LogP contribution < -0.4 is 9.47 Å². The van der Waals surface area contributed by atoms with Crippen molar-refractivity contribution in [3.8, 4) is 11.5 Å². The van der Waals surface area contributed by atoms with Crippen molar-refractivity contribution in [3.63, 3.8) is 0 Å². The molecule has 2 aromatic carbocycles. The highest BCUT2D eigenvalue weighted by Gasteiger charge is 2.38. The Hall–Kier alpha value is -3.42. The number of hydrogen-bond donors (Lipinski definition) is 1. The van der Waals surface area contributed by atoms with E-state index < -0.39 is 17.5 Å². The number of fused-ring (bicyclic) bond motifs is 1. The number of halogens is 2. The van der Waals surface area contributed by atoms with Crippen molar-refractivity contribution in [1.82, 2.24) is 4.90 Å². The van der Waals surface area contributed by atoms with Gasteiger partial charge in [-0.2, -0.15) is 0 Å². The molecule has 2 heterocycles. The summed E-state index contributed by atoms with van der Waals surface area (Å²) in [5.41, 5.74) is 0.660. The van der Waals surface area contributed by atoms with Gasteiger partial charge in [-0.05, 0) is 42.8 Å². The van der Waals surface area contributed by atoms with Crippen molar-refractivity contribution < 1.29 is 33.0 Å². The molecule has 1 atom stereocenters. The third-order valence-corrected chi connectivity index (χ3v) is 5.58. The molecule has 1 fully saturated rings. The van der Waals surface area contributed by atoms with E-state index in [1.807, 2.05) is 0 Å². The van der Waals surface area contributed by atoms with Crippen molar-refractivity contribution in [3.05, 3.63) is 65.0 Å². The lowest BCUT2D eigenvalue weighted by Gasteiger charge is -2.27. The van der Waals surface area contributed by atoms with Gasteiger partial charge in [-0.3, -0.25) is 9.59 Å². The Bertz CT molecular complexity index is 1080. The number of carbonyl (C=O) groups excluding carboxylic acids is 1. The molecule has 2 aromatic rings. The van der Waals surface area contributed by atoms with Gasteiger partial charge < -0.3 is 19.5 Å². The van der Waals surface area contributed by atoms with Crippen LogP contribution in [0.5, 0.6) is 11.5 Å². The largest absolute Gasteiger partial charge is 0.493 e. The molecule has 2 aliphatic rings. The number of rotatable bonds is 6. The number of carboxylic acids is 1. The van der Waals surface area contributed by atoms with Gasteiger partial charge in [-0.25, -0.2) is 8.78 Å². The van der Waals surface area contributed by atoms with Gasteiger partial charge in [0, 0.05) is 24.1 Å². The van der Waals surface area contributed by atoms with E-state index >= 15 is 0 Å². The van der Waals surface area contributed by atoms with Crippen LogP contribution in [0.3, 0.4) is 0 Å². The van der Waals surface area contributed by atoms with E-state index in [1.54, 1.807) is 30.3 Å². The molecular formula is C24H23F2NO5. The SMILES string of the molecule is CC1(F)CCN(C(=O)C2=C(c3ccc(F)cc3)c3cc(OCCC(=O)O)ccc3OC2)C1. The van der Waals surface area contributed by atoms with Crippen LogP contribution in [0, 0.1) is 5.82 Å². The van der Waals surface area contributed by atoms with Crippen molar-refractivity contribution in [2.75, 3.05) is 26.3 Å². The first-order chi connectivity index (χ1) is 15.2. The fourth-order valence-corrected chi connectivity index (χ4v) is 3.96. The first-order valence-electron chi connectivity index (χ1n) is 10.3. The standard InChI is InChI=1S/C24H23F2NO5/c1-24(26)9-10-27(14-24)23(30)19-13-32-20-7-6-17(31-11-8-21(28)29)12-18(20)22(19)15-2-4-16(25)5-3-15/h2-7,12H,8-11,13-14H2,1H3,(H,28,29). The lowest BCUT2D eigenvalue weighted by atomic mass is 9.90. The Kier molecular flexibility index (Phi) is 5.86. The van der Waals surface area contributed by atoms with E-state index in [0.717, 1.165) is 0 Å². The number of hydrogen-bond acceptors (Lipinski definition) is 4. The van der Waals surface area contributed by atoms with Gasteiger partial charge in [0.25, 0.3) is 5.91 Å².